The number of hydrogen-bond acceptors (Lipinski definition) is 5. The van der Waals surface area contributed by atoms with Crippen LogP contribution >= 0.6 is 0 Å². The van der Waals surface area contributed by atoms with E-state index in [1.54, 1.807) is 30.3 Å². The normalized spacial score (nSPS) is 9.71. The zero-order valence-electron chi connectivity index (χ0n) is 11.3. The monoisotopic (exact) mass is 284 g/mol. The summed E-state index contributed by atoms with van der Waals surface area (Å²) < 4.78 is 10.7. The SMILES string of the molecule is COc1cc(C#N)ccc1OCc1cccc([N+](=O)[O-])c1. The lowest BCUT2D eigenvalue weighted by molar-refractivity contribution is -0.384. The number of nitriles is 1. The Labute approximate surface area is 121 Å². The fraction of sp³-hybridized carbons (Fsp3) is 0.133. The van der Waals surface area contributed by atoms with E-state index in [0.29, 0.717) is 22.6 Å². The molecule has 2 rings (SSSR count). The minimum absolute atomic E-state index is 0.0166. The molecule has 0 aromatic heterocycles. The highest BCUT2D eigenvalue weighted by Gasteiger charge is 2.08. The molecular weight excluding hydrogens is 272 g/mol. The summed E-state index contributed by atoms with van der Waals surface area (Å²) in [6, 6.07) is 13.1. The Hall–Kier alpha value is -3.07. The van der Waals surface area contributed by atoms with Gasteiger partial charge in [-0.2, -0.15) is 5.26 Å². The van der Waals surface area contributed by atoms with Gasteiger partial charge in [0.15, 0.2) is 11.5 Å². The number of rotatable bonds is 5. The molecule has 0 bridgehead atoms. The van der Waals surface area contributed by atoms with Crippen molar-refractivity contribution >= 4 is 5.69 Å². The molecule has 0 N–H and O–H groups in total. The average Bonchev–Trinajstić information content (AvgIpc) is 2.53. The van der Waals surface area contributed by atoms with Crippen LogP contribution in [0.15, 0.2) is 42.5 Å². The van der Waals surface area contributed by atoms with Crippen LogP contribution in [0.5, 0.6) is 11.5 Å². The van der Waals surface area contributed by atoms with E-state index in [0.717, 1.165) is 0 Å². The third-order valence-corrected chi connectivity index (χ3v) is 2.81. The summed E-state index contributed by atoms with van der Waals surface area (Å²) in [4.78, 5) is 10.3. The molecule has 0 amide bonds. The van der Waals surface area contributed by atoms with Crippen LogP contribution in [-0.4, -0.2) is 12.0 Å². The minimum Gasteiger partial charge on any atom is -0.493 e. The first-order chi connectivity index (χ1) is 10.1. The molecule has 2 aromatic rings. The van der Waals surface area contributed by atoms with Crippen molar-refractivity contribution in [2.45, 2.75) is 6.61 Å². The predicted molar refractivity (Wildman–Crippen MR) is 75.1 cm³/mol. The van der Waals surface area contributed by atoms with Gasteiger partial charge in [0, 0.05) is 18.2 Å². The summed E-state index contributed by atoms with van der Waals surface area (Å²) in [6.45, 7) is 0.171. The van der Waals surface area contributed by atoms with Gasteiger partial charge in [-0.25, -0.2) is 0 Å². The molecule has 0 spiro atoms. The summed E-state index contributed by atoms with van der Waals surface area (Å²) in [5.74, 6) is 0.919. The summed E-state index contributed by atoms with van der Waals surface area (Å²) in [6.07, 6.45) is 0. The average molecular weight is 284 g/mol. The fourth-order valence-corrected chi connectivity index (χ4v) is 1.78. The highest BCUT2D eigenvalue weighted by atomic mass is 16.6. The van der Waals surface area contributed by atoms with Crippen LogP contribution in [0.1, 0.15) is 11.1 Å². The molecule has 0 radical (unpaired) electrons. The van der Waals surface area contributed by atoms with Gasteiger partial charge in [0.2, 0.25) is 0 Å². The van der Waals surface area contributed by atoms with E-state index < -0.39 is 4.92 Å². The fourth-order valence-electron chi connectivity index (χ4n) is 1.78. The molecule has 0 saturated heterocycles. The summed E-state index contributed by atoms with van der Waals surface area (Å²) in [5, 5.41) is 19.5. The first-order valence-corrected chi connectivity index (χ1v) is 6.08. The van der Waals surface area contributed by atoms with Gasteiger partial charge in [0.25, 0.3) is 5.69 Å². The third-order valence-electron chi connectivity index (χ3n) is 2.81. The van der Waals surface area contributed by atoms with Crippen molar-refractivity contribution in [3.63, 3.8) is 0 Å². The van der Waals surface area contributed by atoms with E-state index in [4.69, 9.17) is 14.7 Å². The highest BCUT2D eigenvalue weighted by Crippen LogP contribution is 2.28. The molecule has 2 aromatic carbocycles. The molecule has 0 aliphatic rings. The number of ether oxygens (including phenoxy) is 2. The summed E-state index contributed by atoms with van der Waals surface area (Å²) in [5.41, 5.74) is 1.16. The molecule has 0 atom stereocenters. The van der Waals surface area contributed by atoms with Crippen molar-refractivity contribution in [3.05, 3.63) is 63.7 Å². The Bertz CT molecular complexity index is 707. The first kappa shape index (κ1) is 14.3. The maximum atomic E-state index is 10.7. The van der Waals surface area contributed by atoms with E-state index in [9.17, 15) is 10.1 Å². The summed E-state index contributed by atoms with van der Waals surface area (Å²) >= 11 is 0. The van der Waals surface area contributed by atoms with Gasteiger partial charge in [-0.1, -0.05) is 12.1 Å². The van der Waals surface area contributed by atoms with Crippen LogP contribution in [0.3, 0.4) is 0 Å². The maximum absolute atomic E-state index is 10.7. The quantitative estimate of drug-likeness (QED) is 0.622. The Morgan fingerprint density at radius 3 is 2.71 bits per heavy atom. The molecule has 0 heterocycles. The maximum Gasteiger partial charge on any atom is 0.269 e. The Morgan fingerprint density at radius 2 is 2.05 bits per heavy atom. The molecule has 0 aliphatic carbocycles. The van der Waals surface area contributed by atoms with E-state index in [1.807, 2.05) is 6.07 Å². The molecule has 0 saturated carbocycles. The van der Waals surface area contributed by atoms with Crippen LogP contribution in [0.4, 0.5) is 5.69 Å². The smallest absolute Gasteiger partial charge is 0.269 e. The topological polar surface area (TPSA) is 85.4 Å². The zero-order chi connectivity index (χ0) is 15.2. The number of non-ortho nitro benzene ring substituents is 1. The summed E-state index contributed by atoms with van der Waals surface area (Å²) in [7, 11) is 1.48. The molecule has 106 valence electrons. The van der Waals surface area contributed by atoms with Crippen LogP contribution in [0.25, 0.3) is 0 Å². The Morgan fingerprint density at radius 1 is 1.24 bits per heavy atom. The van der Waals surface area contributed by atoms with Gasteiger partial charge < -0.3 is 9.47 Å². The second-order valence-electron chi connectivity index (χ2n) is 4.19. The van der Waals surface area contributed by atoms with Gasteiger partial charge in [0.1, 0.15) is 6.61 Å². The van der Waals surface area contributed by atoms with Crippen LogP contribution in [-0.2, 0) is 6.61 Å². The van der Waals surface area contributed by atoms with E-state index in [2.05, 4.69) is 0 Å². The number of nitrogens with zero attached hydrogens (tertiary/aromatic N) is 2. The lowest BCUT2D eigenvalue weighted by Crippen LogP contribution is -1.99. The number of benzene rings is 2. The van der Waals surface area contributed by atoms with Gasteiger partial charge in [-0.05, 0) is 17.7 Å². The van der Waals surface area contributed by atoms with Crippen molar-refractivity contribution in [2.75, 3.05) is 7.11 Å². The molecule has 6 nitrogen and oxygen atoms in total. The first-order valence-electron chi connectivity index (χ1n) is 6.08. The number of hydrogen-bond donors (Lipinski definition) is 0. The van der Waals surface area contributed by atoms with Gasteiger partial charge in [0.05, 0.1) is 23.7 Å². The highest BCUT2D eigenvalue weighted by molar-refractivity contribution is 5.46. The second-order valence-corrected chi connectivity index (χ2v) is 4.19. The van der Waals surface area contributed by atoms with Gasteiger partial charge >= 0.3 is 0 Å². The van der Waals surface area contributed by atoms with Crippen LogP contribution < -0.4 is 9.47 Å². The zero-order valence-corrected chi connectivity index (χ0v) is 11.3. The minimum atomic E-state index is -0.453. The lowest BCUT2D eigenvalue weighted by atomic mass is 10.2. The molecule has 21 heavy (non-hydrogen) atoms. The number of nitro groups is 1. The lowest BCUT2D eigenvalue weighted by Gasteiger charge is -2.10. The largest absolute Gasteiger partial charge is 0.493 e. The van der Waals surface area contributed by atoms with Crippen molar-refractivity contribution in [3.8, 4) is 17.6 Å². The second kappa shape index (κ2) is 6.39. The van der Waals surface area contributed by atoms with Crippen LogP contribution in [0.2, 0.25) is 0 Å². The number of methoxy groups -OCH3 is 1. The van der Waals surface area contributed by atoms with Crippen molar-refractivity contribution in [2.24, 2.45) is 0 Å². The Kier molecular flexibility index (Phi) is 4.36. The third kappa shape index (κ3) is 3.48. The predicted octanol–water partition coefficient (Wildman–Crippen LogP) is 3.05. The van der Waals surface area contributed by atoms with Gasteiger partial charge in [-0.3, -0.25) is 10.1 Å². The van der Waals surface area contributed by atoms with Crippen molar-refractivity contribution < 1.29 is 14.4 Å². The van der Waals surface area contributed by atoms with E-state index in [1.165, 1.54) is 19.2 Å². The van der Waals surface area contributed by atoms with Crippen molar-refractivity contribution in [1.29, 1.82) is 5.26 Å². The standard InChI is InChI=1S/C15H12N2O4/c1-20-15-8-11(9-16)5-6-14(15)21-10-12-3-2-4-13(7-12)17(18)19/h2-8H,10H2,1H3. The molecule has 0 aliphatic heterocycles. The molecule has 0 fully saturated rings. The van der Waals surface area contributed by atoms with Crippen molar-refractivity contribution in [1.82, 2.24) is 0 Å². The molecule has 6 heteroatoms. The molecular formula is C15H12N2O4. The van der Waals surface area contributed by atoms with E-state index in [-0.39, 0.29) is 12.3 Å². The van der Waals surface area contributed by atoms with Gasteiger partial charge in [-0.15, -0.1) is 0 Å². The Balaban J connectivity index is 2.15. The molecule has 0 unspecified atom stereocenters. The van der Waals surface area contributed by atoms with Crippen LogP contribution in [0, 0.1) is 21.4 Å². The number of nitro benzene ring substituents is 1. The van der Waals surface area contributed by atoms with E-state index >= 15 is 0 Å².